The van der Waals surface area contributed by atoms with Gasteiger partial charge in [0.15, 0.2) is 0 Å². The van der Waals surface area contributed by atoms with Crippen LogP contribution in [0.3, 0.4) is 0 Å². The number of alkyl halides is 2. The van der Waals surface area contributed by atoms with Crippen LogP contribution in [0.25, 0.3) is 0 Å². The van der Waals surface area contributed by atoms with Gasteiger partial charge in [-0.2, -0.15) is 0 Å². The molecule has 0 radical (unpaired) electrons. The molecule has 0 aliphatic carbocycles. The van der Waals surface area contributed by atoms with Gasteiger partial charge in [0.2, 0.25) is 0 Å². The van der Waals surface area contributed by atoms with Gasteiger partial charge in [-0.25, -0.2) is 4.39 Å². The van der Waals surface area contributed by atoms with Gasteiger partial charge in [0.05, 0.1) is 0 Å². The van der Waals surface area contributed by atoms with Crippen molar-refractivity contribution in [1.82, 2.24) is 0 Å². The van der Waals surface area contributed by atoms with Crippen molar-refractivity contribution in [2.75, 3.05) is 17.6 Å². The van der Waals surface area contributed by atoms with E-state index in [9.17, 15) is 4.39 Å². The average Bonchev–Trinajstić information content (AvgIpc) is 1.61. The third-order valence-electron chi connectivity index (χ3n) is 0.299. The average molecular weight is 129 g/mol. The third kappa shape index (κ3) is 4.57. The summed E-state index contributed by atoms with van der Waals surface area (Å²) >= 11 is 6.40. The van der Waals surface area contributed by atoms with Crippen LogP contribution >= 0.6 is 23.4 Å². The smallest absolute Gasteiger partial charge is 0.135 e. The van der Waals surface area contributed by atoms with Crippen LogP contribution in [0.2, 0.25) is 0 Å². The van der Waals surface area contributed by atoms with Gasteiger partial charge in [0.25, 0.3) is 0 Å². The molecule has 0 aromatic carbocycles. The summed E-state index contributed by atoms with van der Waals surface area (Å²) in [5.41, 5.74) is 0. The zero-order chi connectivity index (χ0) is 4.83. The first-order chi connectivity index (χ1) is 2.91. The molecule has 0 spiro atoms. The van der Waals surface area contributed by atoms with Crippen molar-refractivity contribution < 1.29 is 4.39 Å². The van der Waals surface area contributed by atoms with Crippen LogP contribution in [0.1, 0.15) is 0 Å². The highest BCUT2D eigenvalue weighted by Crippen LogP contribution is 1.98. The molecule has 0 bridgehead atoms. The van der Waals surface area contributed by atoms with Crippen molar-refractivity contribution in [3.8, 4) is 0 Å². The van der Waals surface area contributed by atoms with Crippen LogP contribution in [-0.4, -0.2) is 17.6 Å². The molecule has 3 heteroatoms. The maximum absolute atomic E-state index is 11.1. The van der Waals surface area contributed by atoms with Gasteiger partial charge in [0, 0.05) is 11.6 Å². The van der Waals surface area contributed by atoms with Gasteiger partial charge in [-0.15, -0.1) is 23.4 Å². The first-order valence-electron chi connectivity index (χ1n) is 1.61. The minimum absolute atomic E-state index is 0.313. The molecule has 0 rings (SSSR count). The highest BCUT2D eigenvalue weighted by atomic mass is 35.5. The lowest BCUT2D eigenvalue weighted by Gasteiger charge is -1.83. The van der Waals surface area contributed by atoms with E-state index >= 15 is 0 Å². The van der Waals surface area contributed by atoms with Crippen LogP contribution in [0.4, 0.5) is 4.39 Å². The van der Waals surface area contributed by atoms with Crippen LogP contribution < -0.4 is 0 Å². The molecule has 0 fully saturated rings. The quantitative estimate of drug-likeness (QED) is 0.413. The monoisotopic (exact) mass is 128 g/mol. The van der Waals surface area contributed by atoms with E-state index in [0.717, 1.165) is 5.75 Å². The van der Waals surface area contributed by atoms with Crippen molar-refractivity contribution in [3.05, 3.63) is 0 Å². The summed E-state index contributed by atoms with van der Waals surface area (Å²) in [6.45, 7) is 0. The fourth-order valence-electron chi connectivity index (χ4n) is 0.109. The molecule has 0 atom stereocenters. The summed E-state index contributed by atoms with van der Waals surface area (Å²) in [5, 5.41) is 0. The zero-order valence-electron chi connectivity index (χ0n) is 3.29. The van der Waals surface area contributed by atoms with E-state index < -0.39 is 0 Å². The van der Waals surface area contributed by atoms with Crippen LogP contribution in [0.5, 0.6) is 0 Å². The molecule has 0 saturated carbocycles. The summed E-state index contributed by atoms with van der Waals surface area (Å²) in [5.74, 6) is 1.27. The first-order valence-corrected chi connectivity index (χ1v) is 3.30. The van der Waals surface area contributed by atoms with E-state index in [-0.39, 0.29) is 6.01 Å². The lowest BCUT2D eigenvalue weighted by Crippen LogP contribution is -1.75. The maximum atomic E-state index is 11.1. The third-order valence-corrected chi connectivity index (χ3v) is 1.36. The number of thioether (sulfide) groups is 1. The van der Waals surface area contributed by atoms with Crippen molar-refractivity contribution in [1.29, 1.82) is 0 Å². The Morgan fingerprint density at radius 2 is 2.33 bits per heavy atom. The van der Waals surface area contributed by atoms with Gasteiger partial charge in [-0.3, -0.25) is 0 Å². The predicted molar refractivity (Wildman–Crippen MR) is 29.2 cm³/mol. The van der Waals surface area contributed by atoms with Crippen LogP contribution in [0.15, 0.2) is 0 Å². The van der Waals surface area contributed by atoms with Crippen molar-refractivity contribution in [3.63, 3.8) is 0 Å². The highest BCUT2D eigenvalue weighted by molar-refractivity contribution is 7.99. The Kier molecular flexibility index (Phi) is 6.10. The second-order valence-electron chi connectivity index (χ2n) is 0.706. The number of hydrogen-bond acceptors (Lipinski definition) is 1. The Morgan fingerprint density at radius 3 is 2.50 bits per heavy atom. The molecule has 0 aliphatic rings. The SMILES string of the molecule is FCSCCCl. The standard InChI is InChI=1S/C3H6ClFS/c4-1-2-6-3-5/h1-3H2. The molecule has 0 aromatic heterocycles. The lowest BCUT2D eigenvalue weighted by molar-refractivity contribution is 0.606. The fourth-order valence-corrected chi connectivity index (χ4v) is 0.655. The molecule has 6 heavy (non-hydrogen) atoms. The highest BCUT2D eigenvalue weighted by Gasteiger charge is 1.79. The molecule has 0 amide bonds. The number of halogens is 2. The summed E-state index contributed by atoms with van der Waals surface area (Å²) in [4.78, 5) is 0. The Hall–Kier alpha value is 0.570. The van der Waals surface area contributed by atoms with E-state index in [2.05, 4.69) is 0 Å². The Balaban J connectivity index is 2.34. The zero-order valence-corrected chi connectivity index (χ0v) is 4.86. The minimum Gasteiger partial charge on any atom is -0.239 e. The largest absolute Gasteiger partial charge is 0.239 e. The molecular weight excluding hydrogens is 123 g/mol. The molecule has 0 unspecified atom stereocenters. The second kappa shape index (κ2) is 5.57. The van der Waals surface area contributed by atoms with E-state index in [1.165, 1.54) is 11.8 Å². The Bertz CT molecular complexity index is 22.8. The van der Waals surface area contributed by atoms with Gasteiger partial charge in [-0.1, -0.05) is 0 Å². The van der Waals surface area contributed by atoms with E-state index in [1.54, 1.807) is 0 Å². The number of hydrogen-bond donors (Lipinski definition) is 0. The molecule has 38 valence electrons. The first kappa shape index (κ1) is 6.57. The molecule has 0 aromatic rings. The van der Waals surface area contributed by atoms with Crippen molar-refractivity contribution >= 4 is 23.4 Å². The van der Waals surface area contributed by atoms with Crippen LogP contribution in [0, 0.1) is 0 Å². The van der Waals surface area contributed by atoms with Gasteiger partial charge in [0.1, 0.15) is 6.01 Å². The van der Waals surface area contributed by atoms with E-state index in [1.807, 2.05) is 0 Å². The molecule has 0 N–H and O–H groups in total. The summed E-state index contributed by atoms with van der Waals surface area (Å²) in [7, 11) is 0. The number of rotatable bonds is 3. The lowest BCUT2D eigenvalue weighted by atomic mass is 11.0. The predicted octanol–water partition coefficient (Wildman–Crippen LogP) is 1.89. The summed E-state index contributed by atoms with van der Waals surface area (Å²) in [6, 6.07) is -0.313. The van der Waals surface area contributed by atoms with Crippen molar-refractivity contribution in [2.24, 2.45) is 0 Å². The van der Waals surface area contributed by atoms with E-state index in [0.29, 0.717) is 5.88 Å². The molecule has 0 heterocycles. The maximum Gasteiger partial charge on any atom is 0.135 e. The molecule has 0 saturated heterocycles. The molecule has 0 nitrogen and oxygen atoms in total. The summed E-state index contributed by atoms with van der Waals surface area (Å²) in [6.07, 6.45) is 0. The summed E-state index contributed by atoms with van der Waals surface area (Å²) < 4.78 is 11.1. The molecule has 0 aliphatic heterocycles. The van der Waals surface area contributed by atoms with Gasteiger partial charge in [-0.05, 0) is 0 Å². The van der Waals surface area contributed by atoms with Crippen molar-refractivity contribution in [2.45, 2.75) is 0 Å². The topological polar surface area (TPSA) is 0 Å². The second-order valence-corrected chi connectivity index (χ2v) is 2.12. The normalized spacial score (nSPS) is 9.00. The van der Waals surface area contributed by atoms with Gasteiger partial charge >= 0.3 is 0 Å². The van der Waals surface area contributed by atoms with Gasteiger partial charge < -0.3 is 0 Å². The fraction of sp³-hybridized carbons (Fsp3) is 1.00. The Morgan fingerprint density at radius 1 is 1.67 bits per heavy atom. The Labute approximate surface area is 46.1 Å². The van der Waals surface area contributed by atoms with Crippen LogP contribution in [-0.2, 0) is 0 Å². The molecular formula is C3H6ClFS. The minimum atomic E-state index is -0.313. The van der Waals surface area contributed by atoms with E-state index in [4.69, 9.17) is 11.6 Å².